The zero-order chi connectivity index (χ0) is 15.0. The molecule has 5 nitrogen and oxygen atoms in total. The van der Waals surface area contributed by atoms with Gasteiger partial charge in [-0.15, -0.1) is 0 Å². The summed E-state index contributed by atoms with van der Waals surface area (Å²) in [5, 5.41) is 4.54. The van der Waals surface area contributed by atoms with E-state index < -0.39 is 0 Å². The van der Waals surface area contributed by atoms with E-state index in [2.05, 4.69) is 18.9 Å². The molecule has 0 N–H and O–H groups in total. The number of hydrogen-bond donors (Lipinski definition) is 0. The van der Waals surface area contributed by atoms with Gasteiger partial charge in [-0.3, -0.25) is 13.8 Å². The molecule has 2 aromatic heterocycles. The fraction of sp³-hybridized carbons (Fsp3) is 0.375. The van der Waals surface area contributed by atoms with E-state index in [-0.39, 0.29) is 5.69 Å². The highest BCUT2D eigenvalue weighted by atomic mass is 16.1. The van der Waals surface area contributed by atoms with Crippen molar-refractivity contribution >= 4 is 11.0 Å². The zero-order valence-corrected chi connectivity index (χ0v) is 12.7. The molecule has 0 aliphatic carbocycles. The normalized spacial score (nSPS) is 11.6. The van der Waals surface area contributed by atoms with Crippen molar-refractivity contribution in [3.8, 4) is 0 Å². The number of para-hydroxylation sites is 2. The molecule has 0 radical (unpaired) electrons. The molecule has 0 bridgehead atoms. The lowest BCUT2D eigenvalue weighted by atomic mass is 10.3. The molecule has 0 saturated heterocycles. The number of hydrogen-bond acceptors (Lipinski definition) is 2. The van der Waals surface area contributed by atoms with Gasteiger partial charge in [0.05, 0.1) is 23.3 Å². The van der Waals surface area contributed by atoms with Crippen molar-refractivity contribution in [2.45, 2.75) is 39.9 Å². The Morgan fingerprint density at radius 1 is 1.10 bits per heavy atom. The third kappa shape index (κ3) is 2.28. The van der Waals surface area contributed by atoms with E-state index in [1.807, 2.05) is 48.1 Å². The van der Waals surface area contributed by atoms with Crippen LogP contribution < -0.4 is 5.69 Å². The molecule has 0 spiro atoms. The average molecular weight is 284 g/mol. The number of imidazole rings is 1. The first-order chi connectivity index (χ1) is 10.1. The van der Waals surface area contributed by atoms with Crippen LogP contribution >= 0.6 is 0 Å². The van der Waals surface area contributed by atoms with Crippen LogP contribution in [-0.2, 0) is 13.1 Å². The number of benzene rings is 1. The zero-order valence-electron chi connectivity index (χ0n) is 12.7. The number of fused-ring (bicyclic) bond motifs is 1. The Balaban J connectivity index is 2.07. The fourth-order valence-electron chi connectivity index (χ4n) is 2.64. The van der Waals surface area contributed by atoms with Gasteiger partial charge in [0.15, 0.2) is 0 Å². The lowest BCUT2D eigenvalue weighted by molar-refractivity contribution is 0.523. The number of rotatable bonds is 4. The highest BCUT2D eigenvalue weighted by molar-refractivity contribution is 5.76. The van der Waals surface area contributed by atoms with Crippen molar-refractivity contribution in [2.75, 3.05) is 0 Å². The SMILES string of the molecule is CCn1c(=O)n(Cc2ccn(C(C)C)n2)c2ccccc21. The summed E-state index contributed by atoms with van der Waals surface area (Å²) >= 11 is 0. The first kappa shape index (κ1) is 13.7. The van der Waals surface area contributed by atoms with Gasteiger partial charge in [-0.05, 0) is 39.0 Å². The Bertz CT molecular complexity index is 822. The number of aromatic nitrogens is 4. The van der Waals surface area contributed by atoms with Gasteiger partial charge in [-0.2, -0.15) is 5.10 Å². The highest BCUT2D eigenvalue weighted by Crippen LogP contribution is 2.14. The van der Waals surface area contributed by atoms with Gasteiger partial charge >= 0.3 is 5.69 Å². The van der Waals surface area contributed by atoms with Crippen LogP contribution in [0.5, 0.6) is 0 Å². The first-order valence-corrected chi connectivity index (χ1v) is 7.34. The highest BCUT2D eigenvalue weighted by Gasteiger charge is 2.13. The van der Waals surface area contributed by atoms with Crippen LogP contribution in [0, 0.1) is 0 Å². The lowest BCUT2D eigenvalue weighted by Gasteiger charge is -2.04. The maximum absolute atomic E-state index is 12.6. The fourth-order valence-corrected chi connectivity index (χ4v) is 2.64. The van der Waals surface area contributed by atoms with E-state index >= 15 is 0 Å². The van der Waals surface area contributed by atoms with Crippen LogP contribution in [-0.4, -0.2) is 18.9 Å². The van der Waals surface area contributed by atoms with Crippen LogP contribution in [0.4, 0.5) is 0 Å². The summed E-state index contributed by atoms with van der Waals surface area (Å²) in [5.74, 6) is 0. The van der Waals surface area contributed by atoms with Crippen LogP contribution in [0.25, 0.3) is 11.0 Å². The van der Waals surface area contributed by atoms with Crippen molar-refractivity contribution in [1.82, 2.24) is 18.9 Å². The molecule has 5 heteroatoms. The minimum atomic E-state index is 0.0257. The van der Waals surface area contributed by atoms with E-state index in [1.54, 1.807) is 9.13 Å². The molecule has 2 heterocycles. The quantitative estimate of drug-likeness (QED) is 0.739. The van der Waals surface area contributed by atoms with Crippen molar-refractivity contribution in [2.24, 2.45) is 0 Å². The molecule has 0 atom stereocenters. The Morgan fingerprint density at radius 3 is 2.33 bits per heavy atom. The Hall–Kier alpha value is -2.30. The predicted molar refractivity (Wildman–Crippen MR) is 83.6 cm³/mol. The van der Waals surface area contributed by atoms with Crippen LogP contribution in [0.1, 0.15) is 32.5 Å². The van der Waals surface area contributed by atoms with Gasteiger partial charge in [-0.25, -0.2) is 4.79 Å². The molecule has 3 rings (SSSR count). The standard InChI is InChI=1S/C16H20N4O/c1-4-18-14-7-5-6-8-15(14)19(16(18)21)11-13-9-10-20(17-13)12(2)3/h5-10,12H,4,11H2,1-3H3. The molecule has 21 heavy (non-hydrogen) atoms. The minimum Gasteiger partial charge on any atom is -0.292 e. The Kier molecular flexibility index (Phi) is 3.41. The summed E-state index contributed by atoms with van der Waals surface area (Å²) in [4.78, 5) is 12.6. The topological polar surface area (TPSA) is 44.8 Å². The molecule has 0 saturated carbocycles. The van der Waals surface area contributed by atoms with Gasteiger partial charge in [0.25, 0.3) is 0 Å². The van der Waals surface area contributed by atoms with Crippen LogP contribution in [0.2, 0.25) is 0 Å². The van der Waals surface area contributed by atoms with Crippen LogP contribution in [0.15, 0.2) is 41.3 Å². The summed E-state index contributed by atoms with van der Waals surface area (Å²) in [7, 11) is 0. The summed E-state index contributed by atoms with van der Waals surface area (Å²) < 4.78 is 5.51. The third-order valence-corrected chi connectivity index (χ3v) is 3.75. The molecule has 1 aromatic carbocycles. The predicted octanol–water partition coefficient (Wildman–Crippen LogP) is 2.65. The molecule has 0 aliphatic rings. The van der Waals surface area contributed by atoms with Crippen molar-refractivity contribution in [3.63, 3.8) is 0 Å². The molecular weight excluding hydrogens is 264 g/mol. The maximum atomic E-state index is 12.6. The van der Waals surface area contributed by atoms with E-state index in [4.69, 9.17) is 0 Å². The van der Waals surface area contributed by atoms with Crippen LogP contribution in [0.3, 0.4) is 0 Å². The average Bonchev–Trinajstić information content (AvgIpc) is 3.04. The second-order valence-corrected chi connectivity index (χ2v) is 5.48. The molecule has 0 aliphatic heterocycles. The van der Waals surface area contributed by atoms with Crippen molar-refractivity contribution in [1.29, 1.82) is 0 Å². The second-order valence-electron chi connectivity index (χ2n) is 5.48. The summed E-state index contributed by atoms with van der Waals surface area (Å²) in [6.45, 7) is 7.35. The summed E-state index contributed by atoms with van der Waals surface area (Å²) in [6, 6.07) is 10.2. The third-order valence-electron chi connectivity index (χ3n) is 3.75. The molecule has 0 amide bonds. The molecule has 0 fully saturated rings. The van der Waals surface area contributed by atoms with Gasteiger partial charge in [-0.1, -0.05) is 12.1 Å². The molecule has 3 aromatic rings. The molecule has 110 valence electrons. The second kappa shape index (κ2) is 5.24. The van der Waals surface area contributed by atoms with Gasteiger partial charge in [0, 0.05) is 18.8 Å². The number of aryl methyl sites for hydroxylation is 1. The van der Waals surface area contributed by atoms with Gasteiger partial charge in [0.2, 0.25) is 0 Å². The summed E-state index contributed by atoms with van der Waals surface area (Å²) in [6.07, 6.45) is 1.96. The van der Waals surface area contributed by atoms with E-state index in [1.165, 1.54) is 0 Å². The smallest absolute Gasteiger partial charge is 0.292 e. The van der Waals surface area contributed by atoms with E-state index in [0.717, 1.165) is 16.7 Å². The Labute approximate surface area is 123 Å². The number of nitrogens with zero attached hydrogens (tertiary/aromatic N) is 4. The molecular formula is C16H20N4O. The molecule has 0 unspecified atom stereocenters. The minimum absolute atomic E-state index is 0.0257. The van der Waals surface area contributed by atoms with Crippen molar-refractivity contribution in [3.05, 3.63) is 52.7 Å². The van der Waals surface area contributed by atoms with Gasteiger partial charge in [0.1, 0.15) is 0 Å². The monoisotopic (exact) mass is 284 g/mol. The van der Waals surface area contributed by atoms with Crippen molar-refractivity contribution < 1.29 is 0 Å². The van der Waals surface area contributed by atoms with E-state index in [0.29, 0.717) is 19.1 Å². The Morgan fingerprint density at radius 2 is 1.76 bits per heavy atom. The van der Waals surface area contributed by atoms with Gasteiger partial charge < -0.3 is 0 Å². The maximum Gasteiger partial charge on any atom is 0.329 e. The summed E-state index contributed by atoms with van der Waals surface area (Å²) in [5.41, 5.74) is 2.87. The largest absolute Gasteiger partial charge is 0.329 e. The van der Waals surface area contributed by atoms with E-state index in [9.17, 15) is 4.79 Å². The first-order valence-electron chi connectivity index (χ1n) is 7.34. The lowest BCUT2D eigenvalue weighted by Crippen LogP contribution is -2.24.